The van der Waals surface area contributed by atoms with Gasteiger partial charge in [-0.25, -0.2) is 10.1 Å². The van der Waals surface area contributed by atoms with Gasteiger partial charge in [-0.05, 0) is 19.9 Å². The third-order valence-corrected chi connectivity index (χ3v) is 6.38. The highest BCUT2D eigenvalue weighted by molar-refractivity contribution is 5.68. The summed E-state index contributed by atoms with van der Waals surface area (Å²) in [6.45, 7) is 5.90. The lowest BCUT2D eigenvalue weighted by Gasteiger charge is -2.51. The summed E-state index contributed by atoms with van der Waals surface area (Å²) in [5.74, 6) is -0.797. The molecule has 0 aliphatic carbocycles. The molecule has 0 aromatic heterocycles. The minimum absolute atomic E-state index is 0.0380. The molecule has 29 heavy (non-hydrogen) atoms. The minimum atomic E-state index is -0.797. The number of carbonyl (C=O) groups is 1. The van der Waals surface area contributed by atoms with Gasteiger partial charge in [0.05, 0.1) is 25.9 Å². The van der Waals surface area contributed by atoms with E-state index in [1.165, 1.54) is 64.2 Å². The van der Waals surface area contributed by atoms with Crippen LogP contribution in [0, 0.1) is 0 Å². The summed E-state index contributed by atoms with van der Waals surface area (Å²) >= 11 is 0. The molecule has 0 aromatic rings. The maximum Gasteiger partial charge on any atom is 0.359 e. The number of carboxylic acids is 1. The van der Waals surface area contributed by atoms with Crippen LogP contribution in [0.15, 0.2) is 0 Å². The molecule has 4 atom stereocenters. The standard InChI is InChI=1S/C22H46N4O3/c1-4-5-6-7-8-9-10-11-12-13-14-23-20-17-19(2)26(3,18-21(28)29)22(25-20)24-15-16-27/h19-20,22-25,27H,4-18H2,1-3H3/p+1. The van der Waals surface area contributed by atoms with E-state index >= 15 is 0 Å². The van der Waals surface area contributed by atoms with E-state index in [4.69, 9.17) is 5.11 Å². The number of carboxylic acid groups (broad SMARTS) is 1. The van der Waals surface area contributed by atoms with Crippen LogP contribution in [0.1, 0.15) is 84.5 Å². The number of nitrogens with zero attached hydrogens (tertiary/aromatic N) is 1. The second kappa shape index (κ2) is 15.1. The zero-order valence-corrected chi connectivity index (χ0v) is 19.1. The first-order valence-corrected chi connectivity index (χ1v) is 11.8. The number of quaternary nitrogens is 1. The molecule has 7 heteroatoms. The SMILES string of the molecule is CCCCCCCCCCCCNC1CC(C)[N+](C)(CC(=O)O)C(NCCO)N1. The summed E-state index contributed by atoms with van der Waals surface area (Å²) in [6.07, 6.45) is 14.2. The number of hydrogen-bond donors (Lipinski definition) is 5. The van der Waals surface area contributed by atoms with Crippen molar-refractivity contribution in [3.63, 3.8) is 0 Å². The van der Waals surface area contributed by atoms with Gasteiger partial charge >= 0.3 is 5.97 Å². The fourth-order valence-electron chi connectivity index (χ4n) is 4.30. The normalized spacial score (nSPS) is 27.2. The summed E-state index contributed by atoms with van der Waals surface area (Å²) in [5, 5.41) is 28.9. The Morgan fingerprint density at radius 2 is 1.59 bits per heavy atom. The van der Waals surface area contributed by atoms with E-state index < -0.39 is 5.97 Å². The molecule has 0 aromatic carbocycles. The highest BCUT2D eigenvalue weighted by Crippen LogP contribution is 2.22. The molecule has 1 aliphatic rings. The van der Waals surface area contributed by atoms with Crippen molar-refractivity contribution >= 4 is 5.97 Å². The molecular formula is C22H47N4O3+. The number of unbranched alkanes of at least 4 members (excludes halogenated alkanes) is 9. The van der Waals surface area contributed by atoms with Gasteiger partial charge in [-0.1, -0.05) is 64.7 Å². The first-order valence-electron chi connectivity index (χ1n) is 11.8. The average molecular weight is 416 g/mol. The predicted molar refractivity (Wildman–Crippen MR) is 118 cm³/mol. The van der Waals surface area contributed by atoms with Crippen molar-refractivity contribution in [1.82, 2.24) is 16.0 Å². The Kier molecular flexibility index (Phi) is 13.7. The Labute approximate surface area is 178 Å². The lowest BCUT2D eigenvalue weighted by atomic mass is 10.0. The van der Waals surface area contributed by atoms with Crippen molar-refractivity contribution in [1.29, 1.82) is 0 Å². The first-order chi connectivity index (χ1) is 13.9. The van der Waals surface area contributed by atoms with Gasteiger partial charge in [-0.15, -0.1) is 0 Å². The van der Waals surface area contributed by atoms with Crippen LogP contribution in [0.4, 0.5) is 0 Å². The van der Waals surface area contributed by atoms with E-state index in [-0.39, 0.29) is 31.6 Å². The molecule has 172 valence electrons. The molecule has 1 aliphatic heterocycles. The molecule has 4 unspecified atom stereocenters. The molecule has 0 spiro atoms. The third-order valence-electron chi connectivity index (χ3n) is 6.38. The number of nitrogens with one attached hydrogen (secondary N) is 3. The lowest BCUT2D eigenvalue weighted by Crippen LogP contribution is -2.76. The van der Waals surface area contributed by atoms with Crippen LogP contribution in [0.3, 0.4) is 0 Å². The van der Waals surface area contributed by atoms with E-state index in [2.05, 4.69) is 29.8 Å². The monoisotopic (exact) mass is 415 g/mol. The van der Waals surface area contributed by atoms with Crippen molar-refractivity contribution in [3.8, 4) is 0 Å². The zero-order chi connectivity index (χ0) is 21.5. The topological polar surface area (TPSA) is 93.6 Å². The molecule has 0 radical (unpaired) electrons. The third kappa shape index (κ3) is 10.2. The number of aliphatic hydroxyl groups excluding tert-OH is 1. The van der Waals surface area contributed by atoms with Crippen LogP contribution in [-0.2, 0) is 4.79 Å². The summed E-state index contributed by atoms with van der Waals surface area (Å²) in [6, 6.07) is 0.203. The van der Waals surface area contributed by atoms with Crippen molar-refractivity contribution in [3.05, 3.63) is 0 Å². The van der Waals surface area contributed by atoms with Crippen LogP contribution >= 0.6 is 0 Å². The largest absolute Gasteiger partial charge is 0.477 e. The maximum absolute atomic E-state index is 11.4. The van der Waals surface area contributed by atoms with Crippen molar-refractivity contribution in [2.24, 2.45) is 0 Å². The van der Waals surface area contributed by atoms with Gasteiger partial charge in [0.2, 0.25) is 6.29 Å². The van der Waals surface area contributed by atoms with Gasteiger partial charge in [0, 0.05) is 13.0 Å². The molecule has 1 rings (SSSR count). The van der Waals surface area contributed by atoms with E-state index in [1.54, 1.807) is 0 Å². The van der Waals surface area contributed by atoms with Crippen molar-refractivity contribution in [2.45, 2.75) is 103 Å². The summed E-state index contributed by atoms with van der Waals surface area (Å²) in [7, 11) is 1.97. The second-order valence-corrected chi connectivity index (χ2v) is 8.92. The highest BCUT2D eigenvalue weighted by Gasteiger charge is 2.45. The molecule has 1 fully saturated rings. The highest BCUT2D eigenvalue weighted by atomic mass is 16.4. The van der Waals surface area contributed by atoms with Gasteiger partial charge < -0.3 is 15.5 Å². The molecule has 0 saturated carbocycles. The van der Waals surface area contributed by atoms with Crippen LogP contribution in [0.25, 0.3) is 0 Å². The van der Waals surface area contributed by atoms with E-state index in [0.717, 1.165) is 13.0 Å². The summed E-state index contributed by atoms with van der Waals surface area (Å²) in [4.78, 5) is 11.4. The quantitative estimate of drug-likeness (QED) is 0.185. The first kappa shape index (κ1) is 26.3. The number of aliphatic carboxylic acids is 1. The number of likely N-dealkylation sites (N-methyl/N-ethyl adjacent to an activating group) is 1. The van der Waals surface area contributed by atoms with E-state index in [9.17, 15) is 9.90 Å². The van der Waals surface area contributed by atoms with Crippen LogP contribution in [0.2, 0.25) is 0 Å². The maximum atomic E-state index is 11.4. The minimum Gasteiger partial charge on any atom is -0.477 e. The Hall–Kier alpha value is -0.730. The molecule has 0 bridgehead atoms. The summed E-state index contributed by atoms with van der Waals surface area (Å²) < 4.78 is 0.381. The summed E-state index contributed by atoms with van der Waals surface area (Å²) in [5.41, 5.74) is 0. The van der Waals surface area contributed by atoms with Gasteiger partial charge in [0.1, 0.15) is 0 Å². The Balaban J connectivity index is 2.25. The zero-order valence-electron chi connectivity index (χ0n) is 19.1. The van der Waals surface area contributed by atoms with E-state index in [1.807, 2.05) is 7.05 Å². The van der Waals surface area contributed by atoms with Crippen LogP contribution in [-0.4, -0.2) is 72.5 Å². The fourth-order valence-corrected chi connectivity index (χ4v) is 4.30. The van der Waals surface area contributed by atoms with Crippen molar-refractivity contribution < 1.29 is 19.5 Å². The molecule has 1 saturated heterocycles. The molecule has 1 heterocycles. The van der Waals surface area contributed by atoms with Gasteiger partial charge in [0.15, 0.2) is 6.54 Å². The van der Waals surface area contributed by atoms with Gasteiger partial charge in [-0.3, -0.25) is 9.80 Å². The number of rotatable bonds is 17. The predicted octanol–water partition coefficient (Wildman–Crippen LogP) is 2.60. The van der Waals surface area contributed by atoms with Crippen LogP contribution in [0.5, 0.6) is 0 Å². The Morgan fingerprint density at radius 3 is 2.14 bits per heavy atom. The smallest absolute Gasteiger partial charge is 0.359 e. The molecule has 7 nitrogen and oxygen atoms in total. The lowest BCUT2D eigenvalue weighted by molar-refractivity contribution is -0.960. The van der Waals surface area contributed by atoms with Crippen molar-refractivity contribution in [2.75, 3.05) is 33.3 Å². The molecular weight excluding hydrogens is 368 g/mol. The van der Waals surface area contributed by atoms with Gasteiger partial charge in [0.25, 0.3) is 0 Å². The Morgan fingerprint density at radius 1 is 1.00 bits per heavy atom. The van der Waals surface area contributed by atoms with E-state index in [0.29, 0.717) is 11.0 Å². The fraction of sp³-hybridized carbons (Fsp3) is 0.955. The van der Waals surface area contributed by atoms with Crippen LogP contribution < -0.4 is 16.0 Å². The number of hydrogen-bond acceptors (Lipinski definition) is 5. The molecule has 5 N–H and O–H groups in total. The average Bonchev–Trinajstić information content (AvgIpc) is 2.67. The Bertz CT molecular complexity index is 438. The van der Waals surface area contributed by atoms with Gasteiger partial charge in [-0.2, -0.15) is 0 Å². The molecule has 0 amide bonds. The second-order valence-electron chi connectivity index (χ2n) is 8.92. The number of aliphatic hydroxyl groups is 1.